The molecule has 0 aromatic heterocycles. The third-order valence-corrected chi connectivity index (χ3v) is 2.43. The second-order valence-corrected chi connectivity index (χ2v) is 5.03. The van der Waals surface area contributed by atoms with Gasteiger partial charge in [0.15, 0.2) is 0 Å². The molecule has 0 saturated carbocycles. The Morgan fingerprint density at radius 2 is 1.24 bits per heavy atom. The van der Waals surface area contributed by atoms with Crippen LogP contribution in [0.15, 0.2) is 0 Å². The van der Waals surface area contributed by atoms with Gasteiger partial charge in [-0.2, -0.15) is 0 Å². The molecule has 0 unspecified atom stereocenters. The fourth-order valence-electron chi connectivity index (χ4n) is 1.54. The van der Waals surface area contributed by atoms with Gasteiger partial charge >= 0.3 is 0 Å². The van der Waals surface area contributed by atoms with E-state index in [0.717, 1.165) is 19.1 Å². The molecule has 0 fully saturated rings. The molecule has 0 aliphatic rings. The number of carbonyl (C=O) groups excluding carboxylic acids is 1. The first kappa shape index (κ1) is 19.0. The van der Waals surface area contributed by atoms with Crippen LogP contribution in [0.25, 0.3) is 0 Å². The van der Waals surface area contributed by atoms with Crippen LogP contribution < -0.4 is 5.73 Å². The van der Waals surface area contributed by atoms with Crippen LogP contribution in [0, 0.1) is 0 Å². The summed E-state index contributed by atoms with van der Waals surface area (Å²) in [6, 6.07) is 0.333. The van der Waals surface area contributed by atoms with Crippen molar-refractivity contribution in [2.45, 2.75) is 91.0 Å². The normalized spacial score (nSPS) is 9.94. The minimum absolute atomic E-state index is 0.333. The highest BCUT2D eigenvalue weighted by Gasteiger charge is 1.91. The summed E-state index contributed by atoms with van der Waals surface area (Å²) in [6.07, 6.45) is 13.7. The smallest absolute Gasteiger partial charge is 0.119 e. The van der Waals surface area contributed by atoms with Gasteiger partial charge < -0.3 is 10.5 Å². The number of carbonyl (C=O) groups is 1. The molecule has 2 nitrogen and oxygen atoms in total. The topological polar surface area (TPSA) is 43.1 Å². The highest BCUT2D eigenvalue weighted by Crippen LogP contribution is 2.09. The van der Waals surface area contributed by atoms with Crippen molar-refractivity contribution in [3.05, 3.63) is 0 Å². The van der Waals surface area contributed by atoms with Crippen LogP contribution in [0.1, 0.15) is 85.0 Å². The first-order valence-corrected chi connectivity index (χ1v) is 7.34. The van der Waals surface area contributed by atoms with E-state index < -0.39 is 0 Å². The van der Waals surface area contributed by atoms with E-state index in [-0.39, 0.29) is 0 Å². The lowest BCUT2D eigenvalue weighted by molar-refractivity contribution is -0.107. The van der Waals surface area contributed by atoms with Gasteiger partial charge in [-0.05, 0) is 12.5 Å². The first-order valence-electron chi connectivity index (χ1n) is 7.34. The molecule has 0 atom stereocenters. The van der Waals surface area contributed by atoms with Gasteiger partial charge in [-0.15, -0.1) is 0 Å². The molecule has 0 heterocycles. The zero-order valence-electron chi connectivity index (χ0n) is 12.2. The van der Waals surface area contributed by atoms with E-state index >= 15 is 0 Å². The van der Waals surface area contributed by atoms with Crippen LogP contribution in [-0.4, -0.2) is 12.3 Å². The van der Waals surface area contributed by atoms with E-state index in [2.05, 4.69) is 6.92 Å². The average molecular weight is 243 g/mol. The van der Waals surface area contributed by atoms with Crippen molar-refractivity contribution in [2.75, 3.05) is 0 Å². The number of hydrogen-bond donors (Lipinski definition) is 1. The lowest BCUT2D eigenvalue weighted by atomic mass is 10.1. The predicted molar refractivity (Wildman–Crippen MR) is 77.2 cm³/mol. The molecule has 2 N–H and O–H groups in total. The van der Waals surface area contributed by atoms with Crippen molar-refractivity contribution < 1.29 is 4.79 Å². The maximum Gasteiger partial charge on any atom is 0.119 e. The molecule has 0 aromatic carbocycles. The molecule has 0 amide bonds. The Morgan fingerprint density at radius 3 is 1.59 bits per heavy atom. The fourth-order valence-corrected chi connectivity index (χ4v) is 1.54. The summed E-state index contributed by atoms with van der Waals surface area (Å²) >= 11 is 0. The molecule has 0 bridgehead atoms. The average Bonchev–Trinajstić information content (AvgIpc) is 2.26. The minimum Gasteiger partial charge on any atom is -0.328 e. The SMILES string of the molecule is CC(C)N.CCCCCCCCCCCC=O. The Morgan fingerprint density at radius 1 is 0.882 bits per heavy atom. The van der Waals surface area contributed by atoms with Gasteiger partial charge in [0.05, 0.1) is 0 Å². The maximum absolute atomic E-state index is 10.0. The Kier molecular flexibility index (Phi) is 20.1. The van der Waals surface area contributed by atoms with Gasteiger partial charge in [0.2, 0.25) is 0 Å². The summed E-state index contributed by atoms with van der Waals surface area (Å²) in [6.45, 7) is 6.14. The van der Waals surface area contributed by atoms with Gasteiger partial charge in [0.1, 0.15) is 6.29 Å². The van der Waals surface area contributed by atoms with Gasteiger partial charge in [0.25, 0.3) is 0 Å². The van der Waals surface area contributed by atoms with Gasteiger partial charge in [0, 0.05) is 6.42 Å². The predicted octanol–water partition coefficient (Wildman–Crippen LogP) is 4.46. The van der Waals surface area contributed by atoms with Gasteiger partial charge in [-0.1, -0.05) is 72.1 Å². The monoisotopic (exact) mass is 243 g/mol. The quantitative estimate of drug-likeness (QED) is 0.455. The Bertz CT molecular complexity index is 132. The van der Waals surface area contributed by atoms with Crippen molar-refractivity contribution in [1.29, 1.82) is 0 Å². The Balaban J connectivity index is 0. The number of nitrogens with two attached hydrogens (primary N) is 1. The molecule has 0 radical (unpaired) electrons. The molecule has 0 saturated heterocycles. The van der Waals surface area contributed by atoms with Crippen LogP contribution >= 0.6 is 0 Å². The van der Waals surface area contributed by atoms with Gasteiger partial charge in [-0.25, -0.2) is 0 Å². The summed E-state index contributed by atoms with van der Waals surface area (Å²) < 4.78 is 0. The van der Waals surface area contributed by atoms with Crippen molar-refractivity contribution in [1.82, 2.24) is 0 Å². The number of hydrogen-bond acceptors (Lipinski definition) is 2. The summed E-state index contributed by atoms with van der Waals surface area (Å²) in [5, 5.41) is 0. The zero-order valence-corrected chi connectivity index (χ0v) is 12.2. The highest BCUT2D eigenvalue weighted by molar-refractivity contribution is 5.48. The van der Waals surface area contributed by atoms with E-state index in [1.54, 1.807) is 0 Å². The largest absolute Gasteiger partial charge is 0.328 e. The van der Waals surface area contributed by atoms with Crippen LogP contribution in [0.3, 0.4) is 0 Å². The third kappa shape index (κ3) is 31.3. The maximum atomic E-state index is 10.0. The number of aldehydes is 1. The third-order valence-electron chi connectivity index (χ3n) is 2.43. The van der Waals surface area contributed by atoms with Crippen LogP contribution in [0.5, 0.6) is 0 Å². The lowest BCUT2D eigenvalue weighted by Crippen LogP contribution is -2.06. The zero-order chi connectivity index (χ0) is 13.4. The van der Waals surface area contributed by atoms with Crippen molar-refractivity contribution >= 4 is 6.29 Å². The van der Waals surface area contributed by atoms with Crippen molar-refractivity contribution in [3.8, 4) is 0 Å². The van der Waals surface area contributed by atoms with Crippen molar-refractivity contribution in [2.24, 2.45) is 5.73 Å². The summed E-state index contributed by atoms with van der Waals surface area (Å²) in [4.78, 5) is 10.0. The van der Waals surface area contributed by atoms with Gasteiger partial charge in [-0.3, -0.25) is 0 Å². The summed E-state index contributed by atoms with van der Waals surface area (Å²) in [5.74, 6) is 0. The molecular weight excluding hydrogens is 210 g/mol. The summed E-state index contributed by atoms with van der Waals surface area (Å²) in [7, 11) is 0. The Hall–Kier alpha value is -0.370. The van der Waals surface area contributed by atoms with Crippen molar-refractivity contribution in [3.63, 3.8) is 0 Å². The fraction of sp³-hybridized carbons (Fsp3) is 0.933. The lowest BCUT2D eigenvalue weighted by Gasteiger charge is -1.99. The van der Waals surface area contributed by atoms with Crippen LogP contribution in [0.4, 0.5) is 0 Å². The highest BCUT2D eigenvalue weighted by atomic mass is 16.1. The number of rotatable bonds is 10. The second kappa shape index (κ2) is 18.0. The molecule has 0 aliphatic carbocycles. The molecular formula is C15H33NO. The molecule has 104 valence electrons. The van der Waals surface area contributed by atoms with E-state index in [0.29, 0.717) is 6.04 Å². The van der Waals surface area contributed by atoms with Crippen LogP contribution in [-0.2, 0) is 4.79 Å². The summed E-state index contributed by atoms with van der Waals surface area (Å²) in [5.41, 5.74) is 5.11. The first-order chi connectivity index (χ1) is 8.15. The Labute approximate surface area is 108 Å². The molecule has 0 aromatic rings. The molecule has 0 aliphatic heterocycles. The molecule has 2 heteroatoms. The van der Waals surface area contributed by atoms with E-state index in [1.807, 2.05) is 13.8 Å². The molecule has 0 rings (SSSR count). The standard InChI is InChI=1S/C12H24O.C3H9N/c1-2-3-4-5-6-7-8-9-10-11-12-13;1-3(2)4/h12H,2-11H2,1H3;3H,4H2,1-2H3. The molecule has 0 spiro atoms. The van der Waals surface area contributed by atoms with E-state index in [4.69, 9.17) is 5.73 Å². The molecule has 17 heavy (non-hydrogen) atoms. The van der Waals surface area contributed by atoms with E-state index in [9.17, 15) is 4.79 Å². The number of unbranched alkanes of at least 4 members (excludes halogenated alkanes) is 9. The van der Waals surface area contributed by atoms with Crippen LogP contribution in [0.2, 0.25) is 0 Å². The van der Waals surface area contributed by atoms with E-state index in [1.165, 1.54) is 51.4 Å². The minimum atomic E-state index is 0.333. The second-order valence-electron chi connectivity index (χ2n) is 5.03.